The van der Waals surface area contributed by atoms with Gasteiger partial charge >= 0.3 is 137 Å². The maximum absolute atomic E-state index is 13.4. The molecule has 2 aromatic rings. The van der Waals surface area contributed by atoms with E-state index in [0.29, 0.717) is 129 Å². The van der Waals surface area contributed by atoms with E-state index in [0.717, 1.165) is 75.7 Å². The molecular formula is C57H90N12O12S2Sn. The summed E-state index contributed by atoms with van der Waals surface area (Å²) in [5.41, 5.74) is 13.5. The van der Waals surface area contributed by atoms with E-state index >= 15 is 0 Å². The first-order chi connectivity index (χ1) is 40.4. The van der Waals surface area contributed by atoms with E-state index in [-0.39, 0.29) is 61.1 Å². The molecule has 0 radical (unpaired) electrons. The van der Waals surface area contributed by atoms with Crippen molar-refractivity contribution in [1.29, 1.82) is 0 Å². The van der Waals surface area contributed by atoms with Gasteiger partial charge < -0.3 is 46.4 Å². The zero-order valence-electron chi connectivity index (χ0n) is 48.9. The Balaban J connectivity index is 0.00000242. The number of carboxylic acid groups (broad SMARTS) is 2. The second-order valence-corrected chi connectivity index (χ2v) is 38.9. The Morgan fingerprint density at radius 1 is 0.571 bits per heavy atom. The molecule has 6 rings (SSSR count). The quantitative estimate of drug-likeness (QED) is 0.0186. The number of fused-ring (bicyclic) bond motifs is 2. The molecule has 0 bridgehead atoms. The third kappa shape index (κ3) is 27.5. The molecule has 2 aromatic carbocycles. The van der Waals surface area contributed by atoms with E-state index in [9.17, 15) is 28.8 Å². The average molecular weight is 1320 g/mol. The fourth-order valence-corrected chi connectivity index (χ4v) is 16.4. The Bertz CT molecular complexity index is 2380. The number of carbonyl (C=O) groups excluding carboxylic acids is 8. The summed E-state index contributed by atoms with van der Waals surface area (Å²) in [7, 11) is 0. The van der Waals surface area contributed by atoms with Crippen molar-refractivity contribution < 1.29 is 68.0 Å². The van der Waals surface area contributed by atoms with Crippen LogP contribution in [0.5, 0.6) is 0 Å². The molecule has 0 saturated carbocycles. The summed E-state index contributed by atoms with van der Waals surface area (Å²) in [6, 6.07) is 14.2. The summed E-state index contributed by atoms with van der Waals surface area (Å²) in [6.45, 7) is 1.85. The van der Waals surface area contributed by atoms with Crippen molar-refractivity contribution >= 4 is 117 Å². The van der Waals surface area contributed by atoms with Gasteiger partial charge in [0, 0.05) is 97.2 Å². The van der Waals surface area contributed by atoms with Crippen LogP contribution in [-0.4, -0.2) is 177 Å². The normalized spacial score (nSPS) is 18.9. The van der Waals surface area contributed by atoms with Gasteiger partial charge in [-0.05, 0) is 69.6 Å². The summed E-state index contributed by atoms with van der Waals surface area (Å²) in [4.78, 5) is 107. The molecule has 0 aliphatic carbocycles. The SMILES string of the molecule is O=C[O-].O=C[O-].[CH3][Sn]([CH3])([CH3])[c]1cccc(C(=O)NCCOCCOCCNC(=O)c2cc(NC(=O)CCCCCNC(=O)CCCC[C@@H]3SC[C@@H]4NC(N)=[NH+][C@@H]43)cc(NC(=O)CCCCCNC(=O)CCCC[C@@H]3SC[C@@H]4NC(N)=[NH+][C@@H]43)c2)c1. The van der Waals surface area contributed by atoms with Crippen molar-refractivity contribution in [3.05, 3.63) is 53.6 Å². The van der Waals surface area contributed by atoms with Crippen LogP contribution in [0.4, 0.5) is 11.4 Å². The van der Waals surface area contributed by atoms with Gasteiger partial charge in [-0.1, -0.05) is 25.7 Å². The van der Waals surface area contributed by atoms with E-state index in [1.807, 2.05) is 41.7 Å². The van der Waals surface area contributed by atoms with E-state index in [1.165, 1.54) is 3.58 Å². The number of carbonyl (C=O) groups is 8. The van der Waals surface area contributed by atoms with Crippen LogP contribution >= 0.6 is 23.5 Å². The summed E-state index contributed by atoms with van der Waals surface area (Å²) < 4.78 is 12.6. The second kappa shape index (κ2) is 39.7. The number of benzene rings is 2. The van der Waals surface area contributed by atoms with Crippen LogP contribution in [0.1, 0.15) is 123 Å². The first-order valence-electron chi connectivity index (χ1n) is 29.2. The van der Waals surface area contributed by atoms with Gasteiger partial charge in [0.15, 0.2) is 0 Å². The maximum atomic E-state index is 13.4. The molecule has 0 unspecified atom stereocenters. The van der Waals surface area contributed by atoms with Crippen LogP contribution in [0, 0.1) is 0 Å². The van der Waals surface area contributed by atoms with Gasteiger partial charge in [0.1, 0.15) is 24.2 Å². The molecule has 2 fully saturated rings. The number of amides is 6. The van der Waals surface area contributed by atoms with E-state index < -0.39 is 37.2 Å². The van der Waals surface area contributed by atoms with Crippen molar-refractivity contribution in [2.24, 2.45) is 11.5 Å². The molecular weight excluding hydrogens is 1230 g/mol. The molecule has 6 atom stereocenters. The molecule has 0 spiro atoms. The molecule has 24 nitrogen and oxygen atoms in total. The van der Waals surface area contributed by atoms with E-state index in [1.54, 1.807) is 18.2 Å². The van der Waals surface area contributed by atoms with E-state index in [4.69, 9.17) is 40.7 Å². The Morgan fingerprint density at radius 3 is 1.45 bits per heavy atom. The van der Waals surface area contributed by atoms with E-state index in [2.05, 4.69) is 73.4 Å². The van der Waals surface area contributed by atoms with Crippen molar-refractivity contribution in [2.45, 2.75) is 152 Å². The first-order valence-corrected chi connectivity index (χ1v) is 41.3. The van der Waals surface area contributed by atoms with Crippen molar-refractivity contribution in [3.63, 3.8) is 0 Å². The molecule has 466 valence electrons. The van der Waals surface area contributed by atoms with Gasteiger partial charge in [0.05, 0.1) is 0 Å². The molecule has 4 aliphatic rings. The van der Waals surface area contributed by atoms with Crippen LogP contribution in [0.15, 0.2) is 42.5 Å². The summed E-state index contributed by atoms with van der Waals surface area (Å²) in [6.07, 6.45) is 11.4. The fourth-order valence-electron chi connectivity index (χ4n) is 9.95. The number of hydrogen-bond acceptors (Lipinski definition) is 18. The van der Waals surface area contributed by atoms with Crippen molar-refractivity contribution in [1.82, 2.24) is 31.9 Å². The predicted octanol–water partition coefficient (Wildman–Crippen LogP) is -2.79. The Kier molecular flexibility index (Phi) is 33.4. The van der Waals surface area contributed by atoms with Crippen LogP contribution in [0.2, 0.25) is 14.8 Å². The molecule has 84 heavy (non-hydrogen) atoms. The Morgan fingerprint density at radius 2 is 1.00 bits per heavy atom. The van der Waals surface area contributed by atoms with Crippen LogP contribution in [0.25, 0.3) is 0 Å². The monoisotopic (exact) mass is 1320 g/mol. The van der Waals surface area contributed by atoms with Gasteiger partial charge in [-0.15, -0.1) is 0 Å². The number of nitrogens with two attached hydrogens (primary N) is 2. The zero-order chi connectivity index (χ0) is 61.1. The molecule has 6 amide bonds. The van der Waals surface area contributed by atoms with Crippen LogP contribution < -0.4 is 77.8 Å². The molecule has 2 saturated heterocycles. The number of hydrogen-bond donors (Lipinski definition) is 12. The number of thioether (sulfide) groups is 2. The minimum absolute atomic E-state index is 0.0444. The average Bonchev–Trinajstić information content (AvgIpc) is 4.06. The van der Waals surface area contributed by atoms with Crippen LogP contribution in [0.3, 0.4) is 0 Å². The van der Waals surface area contributed by atoms with Crippen LogP contribution in [-0.2, 0) is 38.2 Å². The second-order valence-electron chi connectivity index (χ2n) is 21.9. The standard InChI is InChI=1S/C52H77N12O8S2.2CH2O2.3CH3.Sn/c53-51-61-39-33-73-41(47(39)63-51)16-8-10-18-43(65)55-22-12-2-6-20-45(67)59-37-30-36(50(70)58-25-27-72-29-28-71-26-24-57-49(69)35-14-4-1-5-15-35)31-38(32-37)60-46(68)21-7-3-13-23-56-44(66)19-11-9-17-42-48-40(34-74-42)62-52(54)64-48;2*2-1-3;;;;/h1,4,14-15,30-32,39-42,47-48H,2-3,6-13,16-29,33-34H2,(H,55,65)(H,56,66)(H,57,69)(H,58,70)(H,59,67)(H,60,68)(H3,53,61,63)(H3,54,62,64);2*1H,(H,2,3);3*1H3;/t39-,40-,41-,42-,47-,48-;;;;;;/m0....../s1. The topological polar surface area (TPSA) is 377 Å². The molecule has 14 N–H and O–H groups in total. The number of ether oxygens (including phenoxy) is 2. The first kappa shape index (κ1) is 70.6. The number of nitrogens with one attached hydrogen (secondary N) is 10. The summed E-state index contributed by atoms with van der Waals surface area (Å²) >= 11 is 1.62. The van der Waals surface area contributed by atoms with Gasteiger partial charge in [-0.2, -0.15) is 23.5 Å². The Labute approximate surface area is 506 Å². The molecule has 0 aromatic heterocycles. The van der Waals surface area contributed by atoms with Crippen molar-refractivity contribution in [2.75, 3.05) is 74.7 Å². The minimum atomic E-state index is -2.30. The number of guanidine groups is 2. The predicted molar refractivity (Wildman–Crippen MR) is 326 cm³/mol. The zero-order valence-corrected chi connectivity index (χ0v) is 53.4. The van der Waals surface area contributed by atoms with Gasteiger partial charge in [0.2, 0.25) is 23.6 Å². The Hall–Kier alpha value is -5.84. The number of anilines is 2. The van der Waals surface area contributed by atoms with Gasteiger partial charge in [-0.25, -0.2) is 0 Å². The van der Waals surface area contributed by atoms with Crippen molar-refractivity contribution in [3.8, 4) is 0 Å². The van der Waals surface area contributed by atoms with Gasteiger partial charge in [-0.3, -0.25) is 56.1 Å². The molecule has 4 aliphatic heterocycles. The molecule has 4 heterocycles. The number of unbranched alkanes of at least 4 members (excludes halogenated alkanes) is 6. The third-order valence-corrected chi connectivity index (χ3v) is 23.1. The third-order valence-electron chi connectivity index (χ3n) is 14.3. The molecule has 27 heteroatoms. The fraction of sp³-hybridized carbons (Fsp3) is 0.614. The summed E-state index contributed by atoms with van der Waals surface area (Å²) in [5.74, 6) is 2.51. The van der Waals surface area contributed by atoms with Gasteiger partial charge in [0.25, 0.3) is 5.91 Å². The summed E-state index contributed by atoms with van der Waals surface area (Å²) in [5, 5.41) is 41.7. The number of rotatable bonds is 36.